The number of pyridine rings is 1. The quantitative estimate of drug-likeness (QED) is 0.310. The summed E-state index contributed by atoms with van der Waals surface area (Å²) < 4.78 is 16.6. The zero-order chi connectivity index (χ0) is 24.7. The molecule has 5 N–H and O–H groups in total. The highest BCUT2D eigenvalue weighted by atomic mass is 16.5. The van der Waals surface area contributed by atoms with Crippen molar-refractivity contribution >= 4 is 28.5 Å². The third-order valence-corrected chi connectivity index (χ3v) is 5.04. The summed E-state index contributed by atoms with van der Waals surface area (Å²) in [6, 6.07) is 9.94. The zero-order valence-electron chi connectivity index (χ0n) is 19.0. The molecule has 0 saturated heterocycles. The van der Waals surface area contributed by atoms with Crippen molar-refractivity contribution in [2.24, 2.45) is 0 Å². The fourth-order valence-electron chi connectivity index (χ4n) is 3.44. The van der Waals surface area contributed by atoms with Crippen LogP contribution in [0, 0.1) is 6.92 Å². The molecule has 0 bridgehead atoms. The van der Waals surface area contributed by atoms with E-state index in [0.29, 0.717) is 45.8 Å². The molecule has 0 spiro atoms. The fourth-order valence-corrected chi connectivity index (χ4v) is 3.44. The van der Waals surface area contributed by atoms with Crippen molar-refractivity contribution in [2.75, 3.05) is 39.2 Å². The second-order valence-electron chi connectivity index (χ2n) is 7.34. The largest absolute Gasteiger partial charge is 0.493 e. The van der Waals surface area contributed by atoms with Crippen LogP contribution in [0.3, 0.4) is 0 Å². The molecule has 1 aromatic heterocycles. The van der Waals surface area contributed by atoms with Crippen molar-refractivity contribution in [1.29, 1.82) is 0 Å². The number of aliphatic hydroxyl groups is 1. The first kappa shape index (κ1) is 24.6. The zero-order valence-corrected chi connectivity index (χ0v) is 19.0. The minimum atomic E-state index is -1.16. The van der Waals surface area contributed by atoms with E-state index >= 15 is 0 Å². The number of benzene rings is 2. The molecule has 0 fully saturated rings. The van der Waals surface area contributed by atoms with Crippen LogP contribution in [0.25, 0.3) is 10.9 Å². The van der Waals surface area contributed by atoms with Gasteiger partial charge in [-0.1, -0.05) is 6.07 Å². The van der Waals surface area contributed by atoms with Gasteiger partial charge in [0.15, 0.2) is 11.5 Å². The lowest BCUT2D eigenvalue weighted by Crippen LogP contribution is -2.28. The van der Waals surface area contributed by atoms with Gasteiger partial charge in [0, 0.05) is 18.6 Å². The number of ether oxygens (including phenoxy) is 3. The van der Waals surface area contributed by atoms with E-state index < -0.39 is 5.97 Å². The number of rotatable bonds is 11. The number of fused-ring (bicyclic) bond motifs is 1. The molecule has 0 aliphatic heterocycles. The molecule has 1 heterocycles. The summed E-state index contributed by atoms with van der Waals surface area (Å²) in [6.45, 7) is 2.18. The lowest BCUT2D eigenvalue weighted by Gasteiger charge is -2.14. The molecular weight excluding hydrogens is 442 g/mol. The van der Waals surface area contributed by atoms with Crippen LogP contribution in [-0.2, 0) is 0 Å². The van der Waals surface area contributed by atoms with Crippen molar-refractivity contribution in [3.05, 3.63) is 53.2 Å². The number of carboxylic acid groups (broad SMARTS) is 1. The number of methoxy groups -OCH3 is 1. The van der Waals surface area contributed by atoms with Crippen molar-refractivity contribution in [3.63, 3.8) is 0 Å². The standard InChI is InChI=1S/C24H27N3O7/c1-14-20(24(30)31)22(25)21-16(27-14)5-3-6-18(21)34-12-9-26-23(29)15-7-8-17(32-2)19(13-15)33-11-4-10-28/h3,5-8,13,28H,4,9-12H2,1-2H3,(H2,25,27)(H,26,29)(H,30,31). The number of carbonyl (C=O) groups excluding carboxylic acids is 1. The summed E-state index contributed by atoms with van der Waals surface area (Å²) in [5.74, 6) is -0.228. The number of hydrogen-bond acceptors (Lipinski definition) is 8. The van der Waals surface area contributed by atoms with E-state index in [-0.39, 0.29) is 43.5 Å². The number of carboxylic acids is 1. The first-order valence-corrected chi connectivity index (χ1v) is 10.6. The van der Waals surface area contributed by atoms with E-state index in [2.05, 4.69) is 10.3 Å². The fraction of sp³-hybridized carbons (Fsp3) is 0.292. The van der Waals surface area contributed by atoms with Crippen molar-refractivity contribution < 1.29 is 34.0 Å². The number of nitrogens with zero attached hydrogens (tertiary/aromatic N) is 1. The highest BCUT2D eigenvalue weighted by Crippen LogP contribution is 2.33. The second-order valence-corrected chi connectivity index (χ2v) is 7.34. The Morgan fingerprint density at radius 3 is 2.56 bits per heavy atom. The molecule has 0 radical (unpaired) electrons. The normalized spacial score (nSPS) is 10.7. The Morgan fingerprint density at radius 1 is 1.09 bits per heavy atom. The lowest BCUT2D eigenvalue weighted by atomic mass is 10.1. The van der Waals surface area contributed by atoms with Crippen LogP contribution in [0.15, 0.2) is 36.4 Å². The molecule has 0 aliphatic carbocycles. The van der Waals surface area contributed by atoms with Crippen molar-refractivity contribution in [3.8, 4) is 17.2 Å². The molecule has 3 aromatic rings. The third-order valence-electron chi connectivity index (χ3n) is 5.04. The van der Waals surface area contributed by atoms with Gasteiger partial charge in [0.05, 0.1) is 42.5 Å². The van der Waals surface area contributed by atoms with E-state index in [1.165, 1.54) is 7.11 Å². The lowest BCUT2D eigenvalue weighted by molar-refractivity contribution is 0.0696. The van der Waals surface area contributed by atoms with Crippen LogP contribution in [0.5, 0.6) is 17.2 Å². The predicted molar refractivity (Wildman–Crippen MR) is 126 cm³/mol. The average molecular weight is 469 g/mol. The van der Waals surface area contributed by atoms with E-state index in [0.717, 1.165) is 0 Å². The Hall–Kier alpha value is -4.05. The highest BCUT2D eigenvalue weighted by Gasteiger charge is 2.19. The van der Waals surface area contributed by atoms with E-state index in [9.17, 15) is 14.7 Å². The number of nitrogens with two attached hydrogens (primary N) is 1. The molecular formula is C24H27N3O7. The molecule has 2 aromatic carbocycles. The summed E-state index contributed by atoms with van der Waals surface area (Å²) in [5.41, 5.74) is 7.37. The van der Waals surface area contributed by atoms with Gasteiger partial charge >= 0.3 is 5.97 Å². The predicted octanol–water partition coefficient (Wildman–Crippen LogP) is 2.40. The molecule has 180 valence electrons. The average Bonchev–Trinajstić information content (AvgIpc) is 2.81. The van der Waals surface area contributed by atoms with Crippen molar-refractivity contribution in [1.82, 2.24) is 10.3 Å². The topological polar surface area (TPSA) is 153 Å². The molecule has 10 heteroatoms. The molecule has 0 unspecified atom stereocenters. The SMILES string of the molecule is COc1ccc(C(=O)NCCOc2cccc3nc(C)c(C(=O)O)c(N)c23)cc1OCCCO. The molecule has 3 rings (SSSR count). The number of nitrogens with one attached hydrogen (secondary N) is 1. The Bertz CT molecular complexity index is 1200. The maximum absolute atomic E-state index is 12.6. The summed E-state index contributed by atoms with van der Waals surface area (Å²) >= 11 is 0. The van der Waals surface area contributed by atoms with Crippen LogP contribution >= 0.6 is 0 Å². The molecule has 0 saturated carbocycles. The van der Waals surface area contributed by atoms with Crippen LogP contribution in [0.1, 0.15) is 32.8 Å². The van der Waals surface area contributed by atoms with E-state index in [4.69, 9.17) is 25.1 Å². The first-order valence-electron chi connectivity index (χ1n) is 10.6. The van der Waals surface area contributed by atoms with Crippen LogP contribution in [0.4, 0.5) is 5.69 Å². The van der Waals surface area contributed by atoms with E-state index in [1.54, 1.807) is 43.3 Å². The molecule has 0 aliphatic rings. The number of anilines is 1. The van der Waals surface area contributed by atoms with Gasteiger partial charge in [-0.15, -0.1) is 0 Å². The van der Waals surface area contributed by atoms with Gasteiger partial charge in [0.2, 0.25) is 0 Å². The Balaban J connectivity index is 1.67. The van der Waals surface area contributed by atoms with Gasteiger partial charge in [-0.3, -0.25) is 9.78 Å². The number of aromatic carboxylic acids is 1. The third kappa shape index (κ3) is 5.46. The number of aliphatic hydroxyl groups excluding tert-OH is 1. The van der Waals surface area contributed by atoms with Gasteiger partial charge in [0.1, 0.15) is 17.9 Å². The molecule has 34 heavy (non-hydrogen) atoms. The number of carbonyl (C=O) groups is 2. The molecule has 0 atom stereocenters. The van der Waals surface area contributed by atoms with Crippen LogP contribution < -0.4 is 25.3 Å². The summed E-state index contributed by atoms with van der Waals surface area (Å²) in [5, 5.41) is 21.5. The minimum absolute atomic E-state index is 0.00185. The Labute approximate surface area is 196 Å². The van der Waals surface area contributed by atoms with Crippen LogP contribution in [-0.4, -0.2) is 60.5 Å². The van der Waals surface area contributed by atoms with Gasteiger partial charge in [-0.2, -0.15) is 0 Å². The van der Waals surface area contributed by atoms with Crippen molar-refractivity contribution in [2.45, 2.75) is 13.3 Å². The number of aryl methyl sites for hydroxylation is 1. The number of amides is 1. The maximum Gasteiger partial charge on any atom is 0.339 e. The molecule has 10 nitrogen and oxygen atoms in total. The second kappa shape index (κ2) is 11.2. The smallest absolute Gasteiger partial charge is 0.339 e. The highest BCUT2D eigenvalue weighted by molar-refractivity contribution is 6.06. The number of aromatic nitrogens is 1. The molecule has 1 amide bonds. The summed E-state index contributed by atoms with van der Waals surface area (Å²) in [7, 11) is 1.50. The monoisotopic (exact) mass is 469 g/mol. The summed E-state index contributed by atoms with van der Waals surface area (Å²) in [6.07, 6.45) is 0.457. The van der Waals surface area contributed by atoms with Gasteiger partial charge in [-0.05, 0) is 37.3 Å². The summed E-state index contributed by atoms with van der Waals surface area (Å²) in [4.78, 5) is 28.4. The van der Waals surface area contributed by atoms with E-state index in [1.807, 2.05) is 0 Å². The Morgan fingerprint density at radius 2 is 1.85 bits per heavy atom. The van der Waals surface area contributed by atoms with Gasteiger partial charge in [-0.25, -0.2) is 4.79 Å². The van der Waals surface area contributed by atoms with Gasteiger partial charge < -0.3 is 35.5 Å². The first-order chi connectivity index (χ1) is 16.4. The Kier molecular flexibility index (Phi) is 8.10. The number of hydrogen-bond donors (Lipinski definition) is 4. The minimum Gasteiger partial charge on any atom is -0.493 e. The maximum atomic E-state index is 12.6. The van der Waals surface area contributed by atoms with Gasteiger partial charge in [0.25, 0.3) is 5.91 Å². The van der Waals surface area contributed by atoms with Crippen LogP contribution in [0.2, 0.25) is 0 Å². The number of nitrogen functional groups attached to an aromatic ring is 1.